The van der Waals surface area contributed by atoms with Gasteiger partial charge in [-0.25, -0.2) is 0 Å². The van der Waals surface area contributed by atoms with E-state index in [9.17, 15) is 9.90 Å². The van der Waals surface area contributed by atoms with Gasteiger partial charge in [0.1, 0.15) is 6.04 Å². The number of hydrogen-bond acceptors (Lipinski definition) is 2. The molecule has 1 aromatic rings. The van der Waals surface area contributed by atoms with E-state index >= 15 is 0 Å². The summed E-state index contributed by atoms with van der Waals surface area (Å²) in [4.78, 5) is 11.2. The molecular weight excluding hydrogens is 346 g/mol. The SMILES string of the molecule is CCCCCCCCCCCCC(C)c1cc(C)cc(C)c1C[C@H](N)C(=O)O. The van der Waals surface area contributed by atoms with E-state index in [-0.39, 0.29) is 0 Å². The highest BCUT2D eigenvalue weighted by Crippen LogP contribution is 2.29. The highest BCUT2D eigenvalue weighted by molar-refractivity contribution is 5.73. The number of benzene rings is 1. The topological polar surface area (TPSA) is 63.3 Å². The van der Waals surface area contributed by atoms with Gasteiger partial charge in [-0.15, -0.1) is 0 Å². The molecule has 0 aliphatic carbocycles. The first-order valence-electron chi connectivity index (χ1n) is 11.4. The molecule has 0 bridgehead atoms. The Hall–Kier alpha value is -1.35. The maximum absolute atomic E-state index is 11.2. The van der Waals surface area contributed by atoms with Crippen LogP contribution in [0.5, 0.6) is 0 Å². The molecular formula is C25H43NO2. The van der Waals surface area contributed by atoms with E-state index in [4.69, 9.17) is 5.73 Å². The quantitative estimate of drug-likeness (QED) is 0.329. The minimum absolute atomic E-state index is 0.416. The fourth-order valence-electron chi connectivity index (χ4n) is 4.15. The van der Waals surface area contributed by atoms with Gasteiger partial charge in [0.05, 0.1) is 0 Å². The molecule has 3 heteroatoms. The van der Waals surface area contributed by atoms with Crippen molar-refractivity contribution in [2.75, 3.05) is 0 Å². The fraction of sp³-hybridized carbons (Fsp3) is 0.720. The molecule has 3 N–H and O–H groups in total. The molecule has 0 aliphatic rings. The number of rotatable bonds is 15. The number of aliphatic carboxylic acids is 1. The molecule has 0 heterocycles. The lowest BCUT2D eigenvalue weighted by atomic mass is 9.85. The predicted molar refractivity (Wildman–Crippen MR) is 120 cm³/mol. The number of carboxylic acid groups (broad SMARTS) is 1. The molecule has 1 aromatic carbocycles. The smallest absolute Gasteiger partial charge is 0.320 e. The van der Waals surface area contributed by atoms with Crippen molar-refractivity contribution < 1.29 is 9.90 Å². The van der Waals surface area contributed by atoms with E-state index in [1.165, 1.54) is 80.9 Å². The van der Waals surface area contributed by atoms with E-state index in [0.717, 1.165) is 12.0 Å². The van der Waals surface area contributed by atoms with Gasteiger partial charge in [0.2, 0.25) is 0 Å². The van der Waals surface area contributed by atoms with Crippen LogP contribution in [0.2, 0.25) is 0 Å². The van der Waals surface area contributed by atoms with Gasteiger partial charge >= 0.3 is 5.97 Å². The molecule has 0 saturated carbocycles. The summed E-state index contributed by atoms with van der Waals surface area (Å²) in [6.45, 7) is 8.73. The summed E-state index contributed by atoms with van der Waals surface area (Å²) in [5, 5.41) is 9.20. The Morgan fingerprint density at radius 3 is 2.04 bits per heavy atom. The molecule has 2 atom stereocenters. The zero-order chi connectivity index (χ0) is 20.9. The molecule has 1 rings (SSSR count). The summed E-state index contributed by atoms with van der Waals surface area (Å²) in [6.07, 6.45) is 15.1. The van der Waals surface area contributed by atoms with Crippen molar-refractivity contribution >= 4 is 5.97 Å². The van der Waals surface area contributed by atoms with Crippen molar-refractivity contribution in [2.24, 2.45) is 5.73 Å². The number of nitrogens with two attached hydrogens (primary N) is 1. The van der Waals surface area contributed by atoms with Crippen LogP contribution in [0.25, 0.3) is 0 Å². The maximum atomic E-state index is 11.2. The van der Waals surface area contributed by atoms with Gasteiger partial charge in [-0.05, 0) is 49.3 Å². The highest BCUT2D eigenvalue weighted by Gasteiger charge is 2.19. The second-order valence-electron chi connectivity index (χ2n) is 8.67. The van der Waals surface area contributed by atoms with Crippen LogP contribution in [-0.2, 0) is 11.2 Å². The van der Waals surface area contributed by atoms with Crippen LogP contribution in [0.15, 0.2) is 12.1 Å². The van der Waals surface area contributed by atoms with Crippen LogP contribution < -0.4 is 5.73 Å². The number of hydrogen-bond donors (Lipinski definition) is 2. The van der Waals surface area contributed by atoms with Crippen molar-refractivity contribution in [3.8, 4) is 0 Å². The molecule has 0 saturated heterocycles. The Morgan fingerprint density at radius 1 is 0.964 bits per heavy atom. The Balaban J connectivity index is 2.44. The third kappa shape index (κ3) is 9.23. The molecule has 1 unspecified atom stereocenters. The standard InChI is InChI=1S/C25H43NO2/c1-5-6-7-8-9-10-11-12-13-14-15-20(3)22-17-19(2)16-21(4)23(22)18-24(26)25(27)28/h16-17,20,24H,5-15,18,26H2,1-4H3,(H,27,28)/t20?,24-/m0/s1. The zero-order valence-electron chi connectivity index (χ0n) is 18.7. The van der Waals surface area contributed by atoms with Crippen LogP contribution in [0.3, 0.4) is 0 Å². The van der Waals surface area contributed by atoms with E-state index < -0.39 is 12.0 Å². The van der Waals surface area contributed by atoms with Gasteiger partial charge in [-0.1, -0.05) is 95.8 Å². The summed E-state index contributed by atoms with van der Waals surface area (Å²) in [7, 11) is 0. The first kappa shape index (κ1) is 24.7. The molecule has 0 spiro atoms. The normalized spacial score (nSPS) is 13.5. The number of carbonyl (C=O) groups is 1. The lowest BCUT2D eigenvalue weighted by Gasteiger charge is -2.21. The Kier molecular flexibility index (Phi) is 12.1. The molecule has 3 nitrogen and oxygen atoms in total. The Morgan fingerprint density at radius 2 is 1.50 bits per heavy atom. The summed E-state index contributed by atoms with van der Waals surface area (Å²) < 4.78 is 0. The van der Waals surface area contributed by atoms with Gasteiger partial charge in [0.25, 0.3) is 0 Å². The number of carboxylic acids is 1. The van der Waals surface area contributed by atoms with Crippen molar-refractivity contribution in [3.63, 3.8) is 0 Å². The Bertz CT molecular complexity index is 582. The number of aryl methyl sites for hydroxylation is 2. The zero-order valence-corrected chi connectivity index (χ0v) is 18.7. The van der Waals surface area contributed by atoms with Crippen LogP contribution >= 0.6 is 0 Å². The average Bonchev–Trinajstić information content (AvgIpc) is 2.64. The minimum Gasteiger partial charge on any atom is -0.480 e. The maximum Gasteiger partial charge on any atom is 0.320 e. The van der Waals surface area contributed by atoms with Crippen LogP contribution in [0, 0.1) is 13.8 Å². The fourth-order valence-corrected chi connectivity index (χ4v) is 4.15. The molecule has 0 radical (unpaired) electrons. The first-order valence-corrected chi connectivity index (χ1v) is 11.4. The molecule has 160 valence electrons. The third-order valence-corrected chi connectivity index (χ3v) is 5.91. The van der Waals surface area contributed by atoms with Crippen molar-refractivity contribution in [2.45, 2.75) is 117 Å². The van der Waals surface area contributed by atoms with Gasteiger partial charge in [0, 0.05) is 0 Å². The van der Waals surface area contributed by atoms with Crippen molar-refractivity contribution in [1.29, 1.82) is 0 Å². The first-order chi connectivity index (χ1) is 13.4. The van der Waals surface area contributed by atoms with E-state index in [2.05, 4.69) is 39.8 Å². The lowest BCUT2D eigenvalue weighted by Crippen LogP contribution is -2.33. The van der Waals surface area contributed by atoms with Crippen LogP contribution in [-0.4, -0.2) is 17.1 Å². The van der Waals surface area contributed by atoms with Gasteiger partial charge in [-0.3, -0.25) is 4.79 Å². The van der Waals surface area contributed by atoms with E-state index in [1.807, 2.05) is 0 Å². The van der Waals surface area contributed by atoms with Crippen LogP contribution in [0.4, 0.5) is 0 Å². The summed E-state index contributed by atoms with van der Waals surface area (Å²) in [5.74, 6) is -0.475. The molecule has 0 fully saturated rings. The van der Waals surface area contributed by atoms with E-state index in [0.29, 0.717) is 12.3 Å². The summed E-state index contributed by atoms with van der Waals surface area (Å²) in [6, 6.07) is 3.54. The monoisotopic (exact) mass is 389 g/mol. The highest BCUT2D eigenvalue weighted by atomic mass is 16.4. The minimum atomic E-state index is -0.923. The second kappa shape index (κ2) is 13.8. The summed E-state index contributed by atoms with van der Waals surface area (Å²) >= 11 is 0. The largest absolute Gasteiger partial charge is 0.480 e. The molecule has 0 aromatic heterocycles. The predicted octanol–water partition coefficient (Wildman–Crippen LogP) is 6.67. The van der Waals surface area contributed by atoms with Crippen molar-refractivity contribution in [3.05, 3.63) is 34.4 Å². The van der Waals surface area contributed by atoms with Gasteiger partial charge in [0.15, 0.2) is 0 Å². The van der Waals surface area contributed by atoms with Crippen molar-refractivity contribution in [1.82, 2.24) is 0 Å². The molecule has 0 amide bonds. The Labute approximate surface area is 173 Å². The van der Waals surface area contributed by atoms with E-state index in [1.54, 1.807) is 0 Å². The van der Waals surface area contributed by atoms with Crippen LogP contribution in [0.1, 0.15) is 113 Å². The third-order valence-electron chi connectivity index (χ3n) is 5.91. The lowest BCUT2D eigenvalue weighted by molar-refractivity contribution is -0.138. The second-order valence-corrected chi connectivity index (χ2v) is 8.67. The van der Waals surface area contributed by atoms with Gasteiger partial charge < -0.3 is 10.8 Å². The number of unbranched alkanes of at least 4 members (excludes halogenated alkanes) is 9. The average molecular weight is 390 g/mol. The summed E-state index contributed by atoms with van der Waals surface area (Å²) in [5.41, 5.74) is 10.7. The van der Waals surface area contributed by atoms with Gasteiger partial charge in [-0.2, -0.15) is 0 Å². The molecule has 0 aliphatic heterocycles. The molecule has 28 heavy (non-hydrogen) atoms.